The molecule has 7 nitrogen and oxygen atoms in total. The highest BCUT2D eigenvalue weighted by molar-refractivity contribution is 5.91. The highest BCUT2D eigenvalue weighted by Gasteiger charge is 2.15. The van der Waals surface area contributed by atoms with E-state index in [0.717, 1.165) is 49.7 Å². The normalized spacial score (nSPS) is 14.1. The van der Waals surface area contributed by atoms with Crippen molar-refractivity contribution in [3.63, 3.8) is 0 Å². The fourth-order valence-corrected chi connectivity index (χ4v) is 3.46. The van der Waals surface area contributed by atoms with Crippen molar-refractivity contribution in [2.75, 3.05) is 46.1 Å². The number of nitrogens with one attached hydrogen (secondary N) is 2. The lowest BCUT2D eigenvalue weighted by molar-refractivity contribution is -0.921. The summed E-state index contributed by atoms with van der Waals surface area (Å²) in [5.74, 6) is -0.0676. The zero-order valence-corrected chi connectivity index (χ0v) is 18.2. The van der Waals surface area contributed by atoms with Gasteiger partial charge in [-0.2, -0.15) is 0 Å². The predicted molar refractivity (Wildman–Crippen MR) is 116 cm³/mol. The molecule has 0 aromatic heterocycles. The van der Waals surface area contributed by atoms with E-state index in [1.54, 1.807) is 12.1 Å². The van der Waals surface area contributed by atoms with Crippen LogP contribution in [0.4, 0.5) is 0 Å². The lowest BCUT2D eigenvalue weighted by Crippen LogP contribution is -3.12. The molecule has 1 aliphatic heterocycles. The number of carbonyl (C=O) groups is 2. The molecule has 31 heavy (non-hydrogen) atoms. The van der Waals surface area contributed by atoms with E-state index in [4.69, 9.17) is 14.2 Å². The molecule has 0 unspecified atom stereocenters. The van der Waals surface area contributed by atoms with Gasteiger partial charge in [-0.05, 0) is 37.6 Å². The minimum atomic E-state index is -0.507. The molecule has 2 aromatic carbocycles. The number of carbonyl (C=O) groups excluding carboxylic acids is 2. The molecule has 0 aliphatic carbocycles. The summed E-state index contributed by atoms with van der Waals surface area (Å²) in [6, 6.07) is 13.3. The summed E-state index contributed by atoms with van der Waals surface area (Å²) >= 11 is 0. The maximum atomic E-state index is 12.2. The van der Waals surface area contributed by atoms with Gasteiger partial charge < -0.3 is 24.4 Å². The molecule has 0 bridgehead atoms. The topological polar surface area (TPSA) is 78.3 Å². The third-order valence-electron chi connectivity index (χ3n) is 5.19. The van der Waals surface area contributed by atoms with E-state index >= 15 is 0 Å². The Morgan fingerprint density at radius 1 is 1.06 bits per heavy atom. The summed E-state index contributed by atoms with van der Waals surface area (Å²) in [6.45, 7) is 8.85. The lowest BCUT2D eigenvalue weighted by atomic mass is 10.1. The molecular formula is C24H31N2O5+. The number of esters is 1. The average molecular weight is 428 g/mol. The first-order chi connectivity index (χ1) is 15.0. The Hall–Kier alpha value is -2.90. The van der Waals surface area contributed by atoms with Gasteiger partial charge in [0.25, 0.3) is 5.91 Å². The van der Waals surface area contributed by atoms with E-state index in [2.05, 4.69) is 5.32 Å². The third kappa shape index (κ3) is 7.38. The van der Waals surface area contributed by atoms with Gasteiger partial charge in [0.15, 0.2) is 6.61 Å². The molecule has 3 rings (SSSR count). The van der Waals surface area contributed by atoms with Crippen molar-refractivity contribution in [3.8, 4) is 5.75 Å². The Morgan fingerprint density at radius 3 is 2.52 bits per heavy atom. The van der Waals surface area contributed by atoms with Gasteiger partial charge in [-0.25, -0.2) is 4.79 Å². The molecular weight excluding hydrogens is 396 g/mol. The van der Waals surface area contributed by atoms with Crippen LogP contribution in [0.3, 0.4) is 0 Å². The Kier molecular flexibility index (Phi) is 8.44. The van der Waals surface area contributed by atoms with Gasteiger partial charge >= 0.3 is 5.97 Å². The maximum absolute atomic E-state index is 12.2. The van der Waals surface area contributed by atoms with Crippen LogP contribution in [0, 0.1) is 13.8 Å². The van der Waals surface area contributed by atoms with E-state index in [1.165, 1.54) is 10.5 Å². The summed E-state index contributed by atoms with van der Waals surface area (Å²) in [5, 5.41) is 2.69. The molecule has 1 fully saturated rings. The SMILES string of the molecule is Cc1ccc(OCCNC(=O)COC(=O)c2ccc(C[NH+]3CCOCC3)cc2)c(C)c1. The Labute approximate surface area is 183 Å². The van der Waals surface area contributed by atoms with E-state index in [0.29, 0.717) is 18.7 Å². The summed E-state index contributed by atoms with van der Waals surface area (Å²) in [5.41, 5.74) is 3.83. The van der Waals surface area contributed by atoms with E-state index in [1.807, 2.05) is 44.2 Å². The summed E-state index contributed by atoms with van der Waals surface area (Å²) in [6.07, 6.45) is 0. The van der Waals surface area contributed by atoms with E-state index < -0.39 is 5.97 Å². The molecule has 2 N–H and O–H groups in total. The second-order valence-corrected chi connectivity index (χ2v) is 7.78. The monoisotopic (exact) mass is 427 g/mol. The first-order valence-corrected chi connectivity index (χ1v) is 10.7. The molecule has 1 aliphatic rings. The number of ether oxygens (including phenoxy) is 3. The van der Waals surface area contributed by atoms with Crippen LogP contribution in [-0.4, -0.2) is 57.9 Å². The average Bonchev–Trinajstić information content (AvgIpc) is 2.77. The number of morpholine rings is 1. The number of hydrogen-bond acceptors (Lipinski definition) is 5. The van der Waals surface area contributed by atoms with E-state index in [9.17, 15) is 9.59 Å². The minimum absolute atomic E-state index is 0.317. The zero-order valence-electron chi connectivity index (χ0n) is 18.2. The van der Waals surface area contributed by atoms with Crippen molar-refractivity contribution in [1.29, 1.82) is 0 Å². The fraction of sp³-hybridized carbons (Fsp3) is 0.417. The standard InChI is InChI=1S/C24H30N2O5/c1-18-3-8-22(19(2)15-18)30-12-9-25-23(27)17-31-24(28)21-6-4-20(5-7-21)16-26-10-13-29-14-11-26/h3-8,15H,9-14,16-17H2,1-2H3,(H,25,27)/p+1. The van der Waals surface area contributed by atoms with E-state index in [-0.39, 0.29) is 12.5 Å². The number of benzene rings is 2. The number of quaternary nitrogens is 1. The first kappa shape index (κ1) is 22.8. The van der Waals surface area contributed by atoms with Crippen LogP contribution in [-0.2, 0) is 20.8 Å². The largest absolute Gasteiger partial charge is 0.491 e. The molecule has 0 atom stereocenters. The Morgan fingerprint density at radius 2 is 1.81 bits per heavy atom. The van der Waals surface area contributed by atoms with Gasteiger partial charge in [-0.15, -0.1) is 0 Å². The lowest BCUT2D eigenvalue weighted by Gasteiger charge is -2.23. The van der Waals surface area contributed by atoms with Crippen LogP contribution in [0.1, 0.15) is 27.0 Å². The molecule has 0 saturated carbocycles. The van der Waals surface area contributed by atoms with Crippen molar-refractivity contribution >= 4 is 11.9 Å². The summed E-state index contributed by atoms with van der Waals surface area (Å²) in [4.78, 5) is 25.6. The second kappa shape index (κ2) is 11.5. The van der Waals surface area contributed by atoms with Crippen LogP contribution in [0.15, 0.2) is 42.5 Å². The van der Waals surface area contributed by atoms with Crippen LogP contribution in [0.5, 0.6) is 5.75 Å². The van der Waals surface area contributed by atoms with Gasteiger partial charge in [0, 0.05) is 5.56 Å². The quantitative estimate of drug-likeness (QED) is 0.462. The van der Waals surface area contributed by atoms with Crippen molar-refractivity contribution in [2.45, 2.75) is 20.4 Å². The predicted octanol–water partition coefficient (Wildman–Crippen LogP) is 1.07. The van der Waals surface area contributed by atoms with Crippen LogP contribution in [0.2, 0.25) is 0 Å². The van der Waals surface area contributed by atoms with Crippen molar-refractivity contribution in [2.24, 2.45) is 0 Å². The molecule has 1 saturated heterocycles. The number of aryl methyl sites for hydroxylation is 2. The van der Waals surface area contributed by atoms with Crippen molar-refractivity contribution < 1.29 is 28.7 Å². The maximum Gasteiger partial charge on any atom is 0.338 e. The number of hydrogen-bond donors (Lipinski definition) is 2. The van der Waals surface area contributed by atoms with Gasteiger partial charge in [0.1, 0.15) is 32.0 Å². The molecule has 0 spiro atoms. The van der Waals surface area contributed by atoms with Gasteiger partial charge in [0.05, 0.1) is 25.3 Å². The van der Waals surface area contributed by atoms with Gasteiger partial charge in [-0.1, -0.05) is 29.8 Å². The van der Waals surface area contributed by atoms with Gasteiger partial charge in [-0.3, -0.25) is 4.79 Å². The Balaban J connectivity index is 1.34. The molecule has 166 valence electrons. The van der Waals surface area contributed by atoms with Crippen molar-refractivity contribution in [3.05, 3.63) is 64.7 Å². The first-order valence-electron chi connectivity index (χ1n) is 10.7. The number of rotatable bonds is 9. The highest BCUT2D eigenvalue weighted by atomic mass is 16.5. The third-order valence-corrected chi connectivity index (χ3v) is 5.19. The molecule has 1 amide bonds. The molecule has 0 radical (unpaired) electrons. The number of amides is 1. The second-order valence-electron chi connectivity index (χ2n) is 7.78. The van der Waals surface area contributed by atoms with Crippen molar-refractivity contribution in [1.82, 2.24) is 5.32 Å². The molecule has 1 heterocycles. The zero-order chi connectivity index (χ0) is 22.1. The molecule has 2 aromatic rings. The summed E-state index contributed by atoms with van der Waals surface area (Å²) in [7, 11) is 0. The minimum Gasteiger partial charge on any atom is -0.491 e. The smallest absolute Gasteiger partial charge is 0.338 e. The van der Waals surface area contributed by atoms with Crippen LogP contribution < -0.4 is 15.0 Å². The molecule has 7 heteroatoms. The highest BCUT2D eigenvalue weighted by Crippen LogP contribution is 2.18. The fourth-order valence-electron chi connectivity index (χ4n) is 3.46. The van der Waals surface area contributed by atoms with Crippen LogP contribution >= 0.6 is 0 Å². The van der Waals surface area contributed by atoms with Gasteiger partial charge in [0.2, 0.25) is 0 Å². The van der Waals surface area contributed by atoms with Crippen LogP contribution in [0.25, 0.3) is 0 Å². The Bertz CT molecular complexity index is 876. The summed E-state index contributed by atoms with van der Waals surface area (Å²) < 4.78 is 16.2.